The molecule has 88 valence electrons. The van der Waals surface area contributed by atoms with Crippen LogP contribution in [0.1, 0.15) is 17.3 Å². The highest BCUT2D eigenvalue weighted by atomic mass is 16.3. The summed E-state index contributed by atoms with van der Waals surface area (Å²) in [5, 5.41) is 27.5. The molecule has 0 aliphatic carbocycles. The van der Waals surface area contributed by atoms with Crippen LogP contribution in [0.5, 0.6) is 11.5 Å². The molecule has 3 N–H and O–H groups in total. The number of amides is 1. The molecule has 5 heteroatoms. The third-order valence-corrected chi connectivity index (χ3v) is 2.11. The summed E-state index contributed by atoms with van der Waals surface area (Å²) in [5.74, 6) is -0.928. The van der Waals surface area contributed by atoms with E-state index in [-0.39, 0.29) is 29.5 Å². The van der Waals surface area contributed by atoms with E-state index in [1.165, 1.54) is 23.1 Å². The fraction of sp³-hybridized carbons (Fsp3) is 0.364. The molecule has 1 rings (SSSR count). The average Bonchev–Trinajstić information content (AvgIpc) is 2.20. The number of aromatic hydroxyl groups is 2. The summed E-state index contributed by atoms with van der Waals surface area (Å²) in [4.78, 5) is 13.1. The van der Waals surface area contributed by atoms with Crippen molar-refractivity contribution in [2.45, 2.75) is 13.0 Å². The lowest BCUT2D eigenvalue weighted by Gasteiger charge is -2.18. The predicted molar refractivity (Wildman–Crippen MR) is 58.4 cm³/mol. The summed E-state index contributed by atoms with van der Waals surface area (Å²) in [6.45, 7) is 1.79. The molecule has 1 amide bonds. The second-order valence-electron chi connectivity index (χ2n) is 3.74. The number of rotatable bonds is 3. The molecule has 0 fully saturated rings. The molecule has 1 atom stereocenters. The van der Waals surface area contributed by atoms with Crippen molar-refractivity contribution in [3.05, 3.63) is 23.8 Å². The maximum absolute atomic E-state index is 11.8. The van der Waals surface area contributed by atoms with Crippen molar-refractivity contribution in [2.75, 3.05) is 13.6 Å². The van der Waals surface area contributed by atoms with E-state index >= 15 is 0 Å². The van der Waals surface area contributed by atoms with Crippen molar-refractivity contribution in [3.63, 3.8) is 0 Å². The summed E-state index contributed by atoms with van der Waals surface area (Å²) in [7, 11) is 1.55. The first kappa shape index (κ1) is 12.3. The molecule has 1 aromatic rings. The Kier molecular flexibility index (Phi) is 3.73. The van der Waals surface area contributed by atoms with Gasteiger partial charge in [-0.25, -0.2) is 0 Å². The Morgan fingerprint density at radius 1 is 1.38 bits per heavy atom. The number of phenolic OH excluding ortho intramolecular Hbond substituents is 2. The van der Waals surface area contributed by atoms with E-state index in [0.717, 1.165) is 0 Å². The molecule has 16 heavy (non-hydrogen) atoms. The van der Waals surface area contributed by atoms with Crippen LogP contribution in [0.15, 0.2) is 18.2 Å². The zero-order chi connectivity index (χ0) is 12.3. The molecule has 0 aromatic heterocycles. The summed E-state index contributed by atoms with van der Waals surface area (Å²) in [6.07, 6.45) is -0.611. The number of carbonyl (C=O) groups is 1. The first-order chi connectivity index (χ1) is 7.41. The maximum atomic E-state index is 11.8. The van der Waals surface area contributed by atoms with Crippen molar-refractivity contribution in [1.29, 1.82) is 0 Å². The van der Waals surface area contributed by atoms with Gasteiger partial charge in [-0.2, -0.15) is 0 Å². The van der Waals surface area contributed by atoms with Gasteiger partial charge in [-0.05, 0) is 25.1 Å². The molecule has 0 aliphatic rings. The number of likely N-dealkylation sites (N-methyl/N-ethyl adjacent to an activating group) is 1. The minimum absolute atomic E-state index is 0.209. The number of hydrogen-bond donors (Lipinski definition) is 3. The van der Waals surface area contributed by atoms with Crippen molar-refractivity contribution >= 4 is 5.91 Å². The van der Waals surface area contributed by atoms with E-state index in [1.807, 2.05) is 0 Å². The van der Waals surface area contributed by atoms with Gasteiger partial charge in [-0.3, -0.25) is 4.79 Å². The van der Waals surface area contributed by atoms with E-state index in [0.29, 0.717) is 0 Å². The van der Waals surface area contributed by atoms with Gasteiger partial charge in [0.25, 0.3) is 5.91 Å². The largest absolute Gasteiger partial charge is 0.504 e. The van der Waals surface area contributed by atoms with E-state index in [1.54, 1.807) is 14.0 Å². The molecular formula is C11H15NO4. The fourth-order valence-corrected chi connectivity index (χ4v) is 1.36. The van der Waals surface area contributed by atoms with Crippen LogP contribution in [-0.4, -0.2) is 45.8 Å². The second kappa shape index (κ2) is 4.85. The van der Waals surface area contributed by atoms with Crippen LogP contribution in [0.25, 0.3) is 0 Å². The molecule has 1 aromatic carbocycles. The van der Waals surface area contributed by atoms with Crippen molar-refractivity contribution < 1.29 is 20.1 Å². The number of aliphatic hydroxyl groups is 1. The first-order valence-electron chi connectivity index (χ1n) is 4.87. The molecule has 5 nitrogen and oxygen atoms in total. The predicted octanol–water partition coefficient (Wildman–Crippen LogP) is 0.551. The Morgan fingerprint density at radius 3 is 2.50 bits per heavy atom. The zero-order valence-electron chi connectivity index (χ0n) is 9.21. The Bertz CT molecular complexity index is 390. The minimum atomic E-state index is -0.611. The number of hydrogen-bond acceptors (Lipinski definition) is 4. The number of benzene rings is 1. The molecule has 0 heterocycles. The summed E-state index contributed by atoms with van der Waals surface area (Å²) < 4.78 is 0. The lowest BCUT2D eigenvalue weighted by molar-refractivity contribution is 0.0703. The highest BCUT2D eigenvalue weighted by Crippen LogP contribution is 2.25. The lowest BCUT2D eigenvalue weighted by atomic mass is 10.1. The van der Waals surface area contributed by atoms with Gasteiger partial charge in [0, 0.05) is 19.2 Å². The van der Waals surface area contributed by atoms with Gasteiger partial charge in [-0.1, -0.05) is 0 Å². The Hall–Kier alpha value is -1.75. The summed E-state index contributed by atoms with van der Waals surface area (Å²) in [6, 6.07) is 3.85. The fourth-order valence-electron chi connectivity index (χ4n) is 1.36. The van der Waals surface area contributed by atoms with E-state index in [4.69, 9.17) is 10.2 Å². The van der Waals surface area contributed by atoms with Crippen LogP contribution in [0, 0.1) is 0 Å². The topological polar surface area (TPSA) is 81.0 Å². The van der Waals surface area contributed by atoms with E-state index in [2.05, 4.69) is 0 Å². The van der Waals surface area contributed by atoms with Crippen molar-refractivity contribution in [2.24, 2.45) is 0 Å². The number of carbonyl (C=O) groups excluding carboxylic acids is 1. The SMILES string of the molecule is CC(O)CN(C)C(=O)c1ccc(O)c(O)c1. The average molecular weight is 225 g/mol. The van der Waals surface area contributed by atoms with E-state index in [9.17, 15) is 9.90 Å². The Labute approximate surface area is 93.6 Å². The van der Waals surface area contributed by atoms with E-state index < -0.39 is 6.10 Å². The standard InChI is InChI=1S/C11H15NO4/c1-7(13)6-12(2)11(16)8-3-4-9(14)10(15)5-8/h3-5,7,13-15H,6H2,1-2H3. The Morgan fingerprint density at radius 2 is 2.00 bits per heavy atom. The van der Waals surface area contributed by atoms with Gasteiger partial charge >= 0.3 is 0 Å². The van der Waals surface area contributed by atoms with Crippen LogP contribution in [0.2, 0.25) is 0 Å². The third-order valence-electron chi connectivity index (χ3n) is 2.11. The van der Waals surface area contributed by atoms with Gasteiger partial charge in [-0.15, -0.1) is 0 Å². The summed E-state index contributed by atoms with van der Waals surface area (Å²) >= 11 is 0. The van der Waals surface area contributed by atoms with Gasteiger partial charge in [0.1, 0.15) is 0 Å². The maximum Gasteiger partial charge on any atom is 0.253 e. The van der Waals surface area contributed by atoms with Gasteiger partial charge in [0.15, 0.2) is 11.5 Å². The highest BCUT2D eigenvalue weighted by molar-refractivity contribution is 5.94. The van der Waals surface area contributed by atoms with Crippen LogP contribution < -0.4 is 0 Å². The van der Waals surface area contributed by atoms with Crippen molar-refractivity contribution in [1.82, 2.24) is 4.90 Å². The first-order valence-corrected chi connectivity index (χ1v) is 4.87. The van der Waals surface area contributed by atoms with Crippen LogP contribution >= 0.6 is 0 Å². The van der Waals surface area contributed by atoms with Gasteiger partial charge in [0.2, 0.25) is 0 Å². The molecule has 0 spiro atoms. The van der Waals surface area contributed by atoms with Crippen LogP contribution in [-0.2, 0) is 0 Å². The lowest BCUT2D eigenvalue weighted by Crippen LogP contribution is -2.32. The minimum Gasteiger partial charge on any atom is -0.504 e. The molecule has 1 unspecified atom stereocenters. The molecule has 0 bridgehead atoms. The van der Waals surface area contributed by atoms with Gasteiger partial charge < -0.3 is 20.2 Å². The quantitative estimate of drug-likeness (QED) is 0.656. The smallest absolute Gasteiger partial charge is 0.253 e. The molecular weight excluding hydrogens is 210 g/mol. The molecule has 0 saturated carbocycles. The zero-order valence-corrected chi connectivity index (χ0v) is 9.21. The monoisotopic (exact) mass is 225 g/mol. The third kappa shape index (κ3) is 2.87. The highest BCUT2D eigenvalue weighted by Gasteiger charge is 2.14. The number of phenols is 2. The molecule has 0 saturated heterocycles. The number of nitrogens with zero attached hydrogens (tertiary/aromatic N) is 1. The van der Waals surface area contributed by atoms with Gasteiger partial charge in [0.05, 0.1) is 6.10 Å². The molecule has 0 radical (unpaired) electrons. The number of aliphatic hydroxyl groups excluding tert-OH is 1. The normalized spacial score (nSPS) is 12.2. The summed E-state index contributed by atoms with van der Waals surface area (Å²) in [5.41, 5.74) is 0.262. The Balaban J connectivity index is 2.84. The second-order valence-corrected chi connectivity index (χ2v) is 3.74. The van der Waals surface area contributed by atoms with Crippen LogP contribution in [0.3, 0.4) is 0 Å². The van der Waals surface area contributed by atoms with Crippen molar-refractivity contribution in [3.8, 4) is 11.5 Å². The molecule has 0 aliphatic heterocycles. The van der Waals surface area contributed by atoms with Crippen LogP contribution in [0.4, 0.5) is 0 Å².